The van der Waals surface area contributed by atoms with Gasteiger partial charge in [0.2, 0.25) is 0 Å². The van der Waals surface area contributed by atoms with Crippen molar-refractivity contribution in [3.63, 3.8) is 0 Å². The summed E-state index contributed by atoms with van der Waals surface area (Å²) in [6, 6.07) is 11.6. The van der Waals surface area contributed by atoms with Gasteiger partial charge in [0, 0.05) is 5.56 Å². The Morgan fingerprint density at radius 2 is 1.83 bits per heavy atom. The van der Waals surface area contributed by atoms with E-state index in [1.807, 2.05) is 0 Å². The van der Waals surface area contributed by atoms with Crippen LogP contribution in [0.2, 0.25) is 0 Å². The van der Waals surface area contributed by atoms with E-state index in [4.69, 9.17) is 4.74 Å². The van der Waals surface area contributed by atoms with Crippen molar-refractivity contribution in [3.8, 4) is 5.75 Å². The molecule has 94 valence electrons. The Balaban J connectivity index is 2.35. The molecule has 0 fully saturated rings. The molecule has 1 unspecified atom stereocenters. The highest BCUT2D eigenvalue weighted by Gasteiger charge is 2.15. The van der Waals surface area contributed by atoms with Crippen LogP contribution in [0.4, 0.5) is 4.39 Å². The first-order valence-electron chi connectivity index (χ1n) is 5.39. The topological polar surface area (TPSA) is 29.5 Å². The highest BCUT2D eigenvalue weighted by atomic mass is 79.9. The third-order valence-corrected chi connectivity index (χ3v) is 3.54. The normalized spacial score (nSPS) is 12.2. The maximum absolute atomic E-state index is 13.4. The highest BCUT2D eigenvalue weighted by molar-refractivity contribution is 9.10. The monoisotopic (exact) mass is 310 g/mol. The van der Waals surface area contributed by atoms with E-state index in [1.54, 1.807) is 43.5 Å². The molecule has 18 heavy (non-hydrogen) atoms. The predicted octanol–water partition coefficient (Wildman–Crippen LogP) is 3.68. The van der Waals surface area contributed by atoms with E-state index in [2.05, 4.69) is 15.9 Å². The Bertz CT molecular complexity index is 540. The lowest BCUT2D eigenvalue weighted by atomic mass is 10.0. The van der Waals surface area contributed by atoms with E-state index in [9.17, 15) is 9.50 Å². The standard InChI is InChI=1S/C14H12BrFO2/c1-18-10-7-5-9(6-8-10)14(17)11-3-2-4-12(16)13(11)15/h2-8,14,17H,1H3. The van der Waals surface area contributed by atoms with Crippen LogP contribution in [0.3, 0.4) is 0 Å². The van der Waals surface area contributed by atoms with Gasteiger partial charge in [-0.15, -0.1) is 0 Å². The van der Waals surface area contributed by atoms with Crippen molar-refractivity contribution in [2.75, 3.05) is 7.11 Å². The molecular formula is C14H12BrFO2. The zero-order valence-corrected chi connectivity index (χ0v) is 11.3. The molecule has 0 spiro atoms. The third kappa shape index (κ3) is 2.54. The first-order chi connectivity index (χ1) is 8.63. The van der Waals surface area contributed by atoms with Crippen LogP contribution in [0, 0.1) is 5.82 Å². The van der Waals surface area contributed by atoms with Crippen LogP contribution in [0.25, 0.3) is 0 Å². The average Bonchev–Trinajstić information content (AvgIpc) is 2.41. The minimum Gasteiger partial charge on any atom is -0.497 e. The van der Waals surface area contributed by atoms with Gasteiger partial charge in [-0.25, -0.2) is 4.39 Å². The molecule has 0 saturated carbocycles. The summed E-state index contributed by atoms with van der Waals surface area (Å²) in [6.07, 6.45) is -0.874. The molecule has 2 nitrogen and oxygen atoms in total. The molecule has 0 amide bonds. The van der Waals surface area contributed by atoms with Gasteiger partial charge in [0.1, 0.15) is 17.7 Å². The van der Waals surface area contributed by atoms with Gasteiger partial charge in [0.15, 0.2) is 0 Å². The van der Waals surface area contributed by atoms with Crippen LogP contribution >= 0.6 is 15.9 Å². The lowest BCUT2D eigenvalue weighted by Crippen LogP contribution is -2.01. The highest BCUT2D eigenvalue weighted by Crippen LogP contribution is 2.30. The molecule has 1 atom stereocenters. The molecule has 1 N–H and O–H groups in total. The Hall–Kier alpha value is -1.39. The van der Waals surface area contributed by atoms with Gasteiger partial charge in [-0.2, -0.15) is 0 Å². The number of halogens is 2. The van der Waals surface area contributed by atoms with Crippen LogP contribution in [-0.4, -0.2) is 12.2 Å². The molecule has 2 aromatic rings. The van der Waals surface area contributed by atoms with Crippen molar-refractivity contribution >= 4 is 15.9 Å². The second-order valence-corrected chi connectivity index (χ2v) is 4.61. The fourth-order valence-corrected chi connectivity index (χ4v) is 2.18. The molecule has 4 heteroatoms. The Labute approximate surface area is 113 Å². The van der Waals surface area contributed by atoms with Crippen molar-refractivity contribution in [1.29, 1.82) is 0 Å². The molecule has 0 aliphatic heterocycles. The second kappa shape index (κ2) is 5.50. The Morgan fingerprint density at radius 1 is 1.17 bits per heavy atom. The van der Waals surface area contributed by atoms with Gasteiger partial charge in [-0.05, 0) is 39.7 Å². The van der Waals surface area contributed by atoms with E-state index in [0.717, 1.165) is 0 Å². The Kier molecular flexibility index (Phi) is 3.99. The fraction of sp³-hybridized carbons (Fsp3) is 0.143. The SMILES string of the molecule is COc1ccc(C(O)c2cccc(F)c2Br)cc1. The maximum Gasteiger partial charge on any atom is 0.137 e. The number of benzene rings is 2. The van der Waals surface area contributed by atoms with Crippen LogP contribution in [0.1, 0.15) is 17.2 Å². The number of rotatable bonds is 3. The van der Waals surface area contributed by atoms with Crippen molar-refractivity contribution in [2.45, 2.75) is 6.10 Å². The first-order valence-corrected chi connectivity index (χ1v) is 6.18. The van der Waals surface area contributed by atoms with Gasteiger partial charge >= 0.3 is 0 Å². The molecule has 0 bridgehead atoms. The largest absolute Gasteiger partial charge is 0.497 e. The summed E-state index contributed by atoms with van der Waals surface area (Å²) in [5, 5.41) is 10.2. The molecule has 2 aromatic carbocycles. The van der Waals surface area contributed by atoms with Gasteiger partial charge in [0.25, 0.3) is 0 Å². The molecule has 0 radical (unpaired) electrons. The number of methoxy groups -OCH3 is 1. The van der Waals surface area contributed by atoms with Crippen molar-refractivity contribution in [2.24, 2.45) is 0 Å². The van der Waals surface area contributed by atoms with E-state index >= 15 is 0 Å². The summed E-state index contributed by atoms with van der Waals surface area (Å²) in [6.45, 7) is 0. The smallest absolute Gasteiger partial charge is 0.137 e. The van der Waals surface area contributed by atoms with Gasteiger partial charge in [-0.3, -0.25) is 0 Å². The molecule has 0 aliphatic rings. The molecule has 2 rings (SSSR count). The predicted molar refractivity (Wildman–Crippen MR) is 71.2 cm³/mol. The Morgan fingerprint density at radius 3 is 2.44 bits per heavy atom. The van der Waals surface area contributed by atoms with E-state index in [-0.39, 0.29) is 10.3 Å². The van der Waals surface area contributed by atoms with Gasteiger partial charge in [0.05, 0.1) is 11.6 Å². The van der Waals surface area contributed by atoms with Gasteiger partial charge < -0.3 is 9.84 Å². The lowest BCUT2D eigenvalue weighted by molar-refractivity contribution is 0.219. The maximum atomic E-state index is 13.4. The summed E-state index contributed by atoms with van der Waals surface area (Å²) in [7, 11) is 1.58. The van der Waals surface area contributed by atoms with Crippen LogP contribution in [0.15, 0.2) is 46.9 Å². The third-order valence-electron chi connectivity index (χ3n) is 2.71. The van der Waals surface area contributed by atoms with Crippen molar-refractivity contribution in [1.82, 2.24) is 0 Å². The lowest BCUT2D eigenvalue weighted by Gasteiger charge is -2.14. The minimum absolute atomic E-state index is 0.285. The molecule has 0 aromatic heterocycles. The number of hydrogen-bond donors (Lipinski definition) is 1. The first kappa shape index (κ1) is 13.1. The van der Waals surface area contributed by atoms with E-state index < -0.39 is 6.10 Å². The van der Waals surface area contributed by atoms with Crippen molar-refractivity contribution in [3.05, 3.63) is 63.9 Å². The van der Waals surface area contributed by atoms with Crippen LogP contribution in [0.5, 0.6) is 5.75 Å². The molecule has 0 heterocycles. The minimum atomic E-state index is -0.874. The number of ether oxygens (including phenoxy) is 1. The molecule has 0 saturated heterocycles. The van der Waals surface area contributed by atoms with Crippen LogP contribution in [-0.2, 0) is 0 Å². The van der Waals surface area contributed by atoms with Gasteiger partial charge in [-0.1, -0.05) is 24.3 Å². The fourth-order valence-electron chi connectivity index (χ4n) is 1.70. The summed E-state index contributed by atoms with van der Waals surface area (Å²) in [4.78, 5) is 0. The number of aliphatic hydroxyl groups excluding tert-OH is 1. The second-order valence-electron chi connectivity index (χ2n) is 3.82. The molecular weight excluding hydrogens is 299 g/mol. The summed E-state index contributed by atoms with van der Waals surface area (Å²) in [5.74, 6) is 0.323. The summed E-state index contributed by atoms with van der Waals surface area (Å²) in [5.41, 5.74) is 1.18. The average molecular weight is 311 g/mol. The summed E-state index contributed by atoms with van der Waals surface area (Å²) < 4.78 is 18.7. The zero-order valence-electron chi connectivity index (χ0n) is 9.73. The zero-order chi connectivity index (χ0) is 13.1. The van der Waals surface area contributed by atoms with E-state index in [0.29, 0.717) is 16.9 Å². The van der Waals surface area contributed by atoms with Crippen LogP contribution < -0.4 is 4.74 Å². The van der Waals surface area contributed by atoms with Crippen molar-refractivity contribution < 1.29 is 14.2 Å². The molecule has 0 aliphatic carbocycles. The quantitative estimate of drug-likeness (QED) is 0.937. The number of hydrogen-bond acceptors (Lipinski definition) is 2. The number of aliphatic hydroxyl groups is 1. The van der Waals surface area contributed by atoms with E-state index in [1.165, 1.54) is 6.07 Å². The summed E-state index contributed by atoms with van der Waals surface area (Å²) >= 11 is 3.15.